The van der Waals surface area contributed by atoms with E-state index in [1.807, 2.05) is 0 Å². The normalized spacial score (nSPS) is 12.6. The number of amides is 3. The van der Waals surface area contributed by atoms with Gasteiger partial charge in [0.2, 0.25) is 0 Å². The molecule has 29 heavy (non-hydrogen) atoms. The zero-order chi connectivity index (χ0) is 20.8. The Morgan fingerprint density at radius 3 is 2.31 bits per heavy atom. The van der Waals surface area contributed by atoms with Gasteiger partial charge in [-0.2, -0.15) is 0 Å². The van der Waals surface area contributed by atoms with E-state index in [4.69, 9.17) is 15.2 Å². The predicted octanol–water partition coefficient (Wildman–Crippen LogP) is 1.67. The van der Waals surface area contributed by atoms with Crippen LogP contribution in [0.15, 0.2) is 48.5 Å². The first-order valence-electron chi connectivity index (χ1n) is 9.06. The van der Waals surface area contributed by atoms with Crippen LogP contribution in [0, 0.1) is 0 Å². The van der Waals surface area contributed by atoms with Gasteiger partial charge in [-0.3, -0.25) is 24.1 Å². The summed E-state index contributed by atoms with van der Waals surface area (Å²) in [7, 11) is 0. The molecule has 8 heteroatoms. The molecule has 2 aromatic carbocycles. The van der Waals surface area contributed by atoms with Crippen molar-refractivity contribution in [1.29, 1.82) is 0 Å². The second-order valence-corrected chi connectivity index (χ2v) is 6.47. The largest absolute Gasteiger partial charge is 0.484 e. The lowest BCUT2D eigenvalue weighted by Crippen LogP contribution is -2.31. The zero-order valence-corrected chi connectivity index (χ0v) is 15.6. The van der Waals surface area contributed by atoms with Crippen LogP contribution in [0.1, 0.15) is 39.1 Å². The number of nitrogens with zero attached hydrogens (tertiary/aromatic N) is 1. The van der Waals surface area contributed by atoms with Crippen LogP contribution in [-0.2, 0) is 20.9 Å². The third-order valence-corrected chi connectivity index (χ3v) is 4.32. The molecule has 150 valence electrons. The number of ether oxygens (including phenoxy) is 2. The summed E-state index contributed by atoms with van der Waals surface area (Å²) < 4.78 is 10.4. The molecule has 0 radical (unpaired) electrons. The van der Waals surface area contributed by atoms with Gasteiger partial charge in [-0.05, 0) is 36.2 Å². The molecule has 0 unspecified atom stereocenters. The number of esters is 1. The van der Waals surface area contributed by atoms with Gasteiger partial charge in [-0.25, -0.2) is 0 Å². The van der Waals surface area contributed by atoms with Crippen LogP contribution < -0.4 is 10.5 Å². The van der Waals surface area contributed by atoms with Crippen molar-refractivity contribution >= 4 is 23.7 Å². The van der Waals surface area contributed by atoms with Crippen LogP contribution >= 0.6 is 0 Å². The molecule has 0 saturated carbocycles. The second-order valence-electron chi connectivity index (χ2n) is 6.47. The summed E-state index contributed by atoms with van der Waals surface area (Å²) in [6.45, 7) is -0.0431. The number of rotatable bonds is 9. The maximum Gasteiger partial charge on any atom is 0.306 e. The standard InChI is InChI=1S/C21H20N2O6/c22-18(24)13-28-15-6-3-5-14(11-15)12-29-19(25)9-4-10-23-20(26)16-7-1-2-8-17(16)21(23)27/h1-3,5-8,11H,4,9-10,12-13H2,(H2,22,24). The van der Waals surface area contributed by atoms with Crippen molar-refractivity contribution in [1.82, 2.24) is 4.90 Å². The number of hydrogen-bond acceptors (Lipinski definition) is 6. The van der Waals surface area contributed by atoms with Crippen molar-refractivity contribution in [2.24, 2.45) is 5.73 Å². The Hall–Kier alpha value is -3.68. The molecule has 3 rings (SSSR count). The molecule has 0 spiro atoms. The van der Waals surface area contributed by atoms with Gasteiger partial charge in [-0.1, -0.05) is 24.3 Å². The minimum absolute atomic E-state index is 0.0413. The maximum atomic E-state index is 12.3. The van der Waals surface area contributed by atoms with E-state index in [-0.39, 0.29) is 38.0 Å². The van der Waals surface area contributed by atoms with Crippen molar-refractivity contribution in [2.75, 3.05) is 13.2 Å². The fraction of sp³-hybridized carbons (Fsp3) is 0.238. The summed E-state index contributed by atoms with van der Waals surface area (Å²) in [5.74, 6) is -1.26. The monoisotopic (exact) mass is 396 g/mol. The van der Waals surface area contributed by atoms with Gasteiger partial charge < -0.3 is 15.2 Å². The smallest absolute Gasteiger partial charge is 0.306 e. The van der Waals surface area contributed by atoms with Gasteiger partial charge in [0.05, 0.1) is 11.1 Å². The number of carbonyl (C=O) groups excluding carboxylic acids is 4. The molecular weight excluding hydrogens is 376 g/mol. The van der Waals surface area contributed by atoms with Crippen molar-refractivity contribution in [3.05, 3.63) is 65.2 Å². The van der Waals surface area contributed by atoms with Crippen molar-refractivity contribution in [3.63, 3.8) is 0 Å². The average molecular weight is 396 g/mol. The number of benzene rings is 2. The van der Waals surface area contributed by atoms with Crippen molar-refractivity contribution in [2.45, 2.75) is 19.4 Å². The molecule has 0 atom stereocenters. The van der Waals surface area contributed by atoms with Crippen molar-refractivity contribution < 1.29 is 28.7 Å². The Balaban J connectivity index is 1.43. The number of fused-ring (bicyclic) bond motifs is 1. The fourth-order valence-corrected chi connectivity index (χ4v) is 2.94. The topological polar surface area (TPSA) is 116 Å². The highest BCUT2D eigenvalue weighted by Crippen LogP contribution is 2.22. The van der Waals surface area contributed by atoms with E-state index in [0.717, 1.165) is 4.90 Å². The van der Waals surface area contributed by atoms with E-state index >= 15 is 0 Å². The van der Waals surface area contributed by atoms with Crippen LogP contribution in [0.5, 0.6) is 5.75 Å². The summed E-state index contributed by atoms with van der Waals surface area (Å²) in [4.78, 5) is 48.4. The summed E-state index contributed by atoms with van der Waals surface area (Å²) >= 11 is 0. The lowest BCUT2D eigenvalue weighted by atomic mass is 10.1. The fourth-order valence-electron chi connectivity index (χ4n) is 2.94. The van der Waals surface area contributed by atoms with E-state index in [9.17, 15) is 19.2 Å². The third-order valence-electron chi connectivity index (χ3n) is 4.32. The third kappa shape index (κ3) is 4.98. The van der Waals surface area contributed by atoms with Gasteiger partial charge in [0.1, 0.15) is 12.4 Å². The highest BCUT2D eigenvalue weighted by atomic mass is 16.5. The highest BCUT2D eigenvalue weighted by Gasteiger charge is 2.34. The summed E-state index contributed by atoms with van der Waals surface area (Å²) in [6.07, 6.45) is 0.386. The molecular formula is C21H20N2O6. The molecule has 3 amide bonds. The summed E-state index contributed by atoms with van der Waals surface area (Å²) in [6, 6.07) is 13.4. The van der Waals surface area contributed by atoms with E-state index in [1.54, 1.807) is 48.5 Å². The summed E-state index contributed by atoms with van der Waals surface area (Å²) in [5.41, 5.74) is 6.50. The van der Waals surface area contributed by atoms with E-state index in [2.05, 4.69) is 0 Å². The molecule has 0 aromatic heterocycles. The van der Waals surface area contributed by atoms with E-state index in [0.29, 0.717) is 28.9 Å². The Bertz CT molecular complexity index is 921. The molecule has 1 heterocycles. The summed E-state index contributed by atoms with van der Waals surface area (Å²) in [5, 5.41) is 0. The van der Waals surface area contributed by atoms with Crippen molar-refractivity contribution in [3.8, 4) is 5.75 Å². The first-order chi connectivity index (χ1) is 14.0. The van der Waals surface area contributed by atoms with Crippen LogP contribution in [0.4, 0.5) is 0 Å². The molecule has 0 aliphatic carbocycles. The average Bonchev–Trinajstić information content (AvgIpc) is 2.96. The van der Waals surface area contributed by atoms with Gasteiger partial charge in [0.25, 0.3) is 17.7 Å². The number of hydrogen-bond donors (Lipinski definition) is 1. The number of imide groups is 1. The Kier molecular flexibility index (Phi) is 6.23. The van der Waals surface area contributed by atoms with Gasteiger partial charge in [0, 0.05) is 13.0 Å². The molecule has 8 nitrogen and oxygen atoms in total. The number of nitrogens with two attached hydrogens (primary N) is 1. The predicted molar refractivity (Wildman–Crippen MR) is 102 cm³/mol. The van der Waals surface area contributed by atoms with Gasteiger partial charge in [-0.15, -0.1) is 0 Å². The first-order valence-corrected chi connectivity index (χ1v) is 9.06. The maximum absolute atomic E-state index is 12.3. The highest BCUT2D eigenvalue weighted by molar-refractivity contribution is 6.21. The Morgan fingerprint density at radius 1 is 0.966 bits per heavy atom. The second kappa shape index (κ2) is 9.01. The van der Waals surface area contributed by atoms with E-state index < -0.39 is 11.9 Å². The zero-order valence-electron chi connectivity index (χ0n) is 15.6. The molecule has 0 bridgehead atoms. The SMILES string of the molecule is NC(=O)COc1cccc(COC(=O)CCCN2C(=O)c3ccccc3C2=O)c1. The number of primary amides is 1. The minimum Gasteiger partial charge on any atom is -0.484 e. The van der Waals surface area contributed by atoms with Gasteiger partial charge in [0.15, 0.2) is 6.61 Å². The molecule has 2 aromatic rings. The lowest BCUT2D eigenvalue weighted by molar-refractivity contribution is -0.145. The van der Waals surface area contributed by atoms with Crippen LogP contribution in [-0.4, -0.2) is 41.7 Å². The lowest BCUT2D eigenvalue weighted by Gasteiger charge is -2.13. The van der Waals surface area contributed by atoms with Gasteiger partial charge >= 0.3 is 5.97 Å². The Labute approximate surface area is 167 Å². The van der Waals surface area contributed by atoms with E-state index in [1.165, 1.54) is 0 Å². The molecule has 1 aliphatic rings. The molecule has 0 fully saturated rings. The van der Waals surface area contributed by atoms with Crippen LogP contribution in [0.3, 0.4) is 0 Å². The first kappa shape index (κ1) is 20.1. The molecule has 0 saturated heterocycles. The Morgan fingerprint density at radius 2 is 1.66 bits per heavy atom. The molecule has 2 N–H and O–H groups in total. The quantitative estimate of drug-likeness (QED) is 0.509. The van der Waals surface area contributed by atoms with Crippen LogP contribution in [0.25, 0.3) is 0 Å². The minimum atomic E-state index is -0.583. The van der Waals surface area contributed by atoms with Crippen LogP contribution in [0.2, 0.25) is 0 Å². The molecule has 1 aliphatic heterocycles. The number of carbonyl (C=O) groups is 4.